The predicted octanol–water partition coefficient (Wildman–Crippen LogP) is 1.16. The van der Waals surface area contributed by atoms with Gasteiger partial charge in [-0.05, 0) is 13.0 Å². The lowest BCUT2D eigenvalue weighted by molar-refractivity contribution is 0.361. The van der Waals surface area contributed by atoms with Gasteiger partial charge in [-0.3, -0.25) is 4.68 Å². The van der Waals surface area contributed by atoms with Gasteiger partial charge in [0.1, 0.15) is 4.90 Å². The molecular formula is C13H26N4O2S. The predicted molar refractivity (Wildman–Crippen MR) is 80.0 cm³/mol. The van der Waals surface area contributed by atoms with E-state index < -0.39 is 10.0 Å². The molecule has 1 aromatic heterocycles. The second kappa shape index (κ2) is 7.75. The van der Waals surface area contributed by atoms with Crippen LogP contribution in [0.1, 0.15) is 27.2 Å². The minimum atomic E-state index is -3.43. The van der Waals surface area contributed by atoms with Crippen LogP contribution in [0.4, 0.5) is 0 Å². The molecule has 0 fully saturated rings. The van der Waals surface area contributed by atoms with Gasteiger partial charge >= 0.3 is 0 Å². The van der Waals surface area contributed by atoms with Crippen molar-refractivity contribution in [3.63, 3.8) is 0 Å². The number of nitrogens with zero attached hydrogens (tertiary/aromatic N) is 3. The van der Waals surface area contributed by atoms with E-state index in [9.17, 15) is 8.42 Å². The third kappa shape index (κ3) is 4.29. The average Bonchev–Trinajstić information content (AvgIpc) is 2.91. The quantitative estimate of drug-likeness (QED) is 0.743. The Morgan fingerprint density at radius 3 is 2.70 bits per heavy atom. The summed E-state index contributed by atoms with van der Waals surface area (Å²) in [6.45, 7) is 8.45. The fourth-order valence-corrected chi connectivity index (χ4v) is 3.37. The van der Waals surface area contributed by atoms with Gasteiger partial charge in [0.05, 0.1) is 12.7 Å². The van der Waals surface area contributed by atoms with Crippen LogP contribution < -0.4 is 5.32 Å². The molecule has 1 rings (SSSR count). The lowest BCUT2D eigenvalue weighted by atomic mass is 10.1. The van der Waals surface area contributed by atoms with Crippen molar-refractivity contribution in [3.8, 4) is 0 Å². The van der Waals surface area contributed by atoms with Crippen molar-refractivity contribution >= 4 is 10.0 Å². The van der Waals surface area contributed by atoms with Gasteiger partial charge in [-0.1, -0.05) is 27.2 Å². The van der Waals surface area contributed by atoms with E-state index in [1.165, 1.54) is 10.5 Å². The van der Waals surface area contributed by atoms with Crippen molar-refractivity contribution in [1.82, 2.24) is 19.4 Å². The molecule has 0 aromatic carbocycles. The molecule has 0 bridgehead atoms. The van der Waals surface area contributed by atoms with Gasteiger partial charge in [0, 0.05) is 25.8 Å². The van der Waals surface area contributed by atoms with Crippen LogP contribution in [-0.2, 0) is 16.6 Å². The average molecular weight is 302 g/mol. The lowest BCUT2D eigenvalue weighted by Gasteiger charge is -2.22. The molecular weight excluding hydrogens is 276 g/mol. The molecule has 6 nitrogen and oxygen atoms in total. The minimum absolute atomic E-state index is 0.277. The highest BCUT2D eigenvalue weighted by atomic mass is 32.2. The third-order valence-electron chi connectivity index (χ3n) is 3.40. The summed E-state index contributed by atoms with van der Waals surface area (Å²) in [5.41, 5.74) is 0. The number of rotatable bonds is 9. The summed E-state index contributed by atoms with van der Waals surface area (Å²) in [6, 6.07) is 0. The van der Waals surface area contributed by atoms with Crippen LogP contribution in [-0.4, -0.2) is 49.2 Å². The molecule has 0 aliphatic carbocycles. The molecule has 0 saturated heterocycles. The molecule has 116 valence electrons. The Kier molecular flexibility index (Phi) is 6.64. The fraction of sp³-hybridized carbons (Fsp3) is 0.769. The van der Waals surface area contributed by atoms with Crippen LogP contribution in [0, 0.1) is 5.92 Å². The van der Waals surface area contributed by atoms with Gasteiger partial charge in [-0.2, -0.15) is 9.40 Å². The normalized spacial score (nSPS) is 13.8. The first-order valence-corrected chi connectivity index (χ1v) is 8.56. The lowest BCUT2D eigenvalue weighted by Crippen LogP contribution is -2.34. The number of likely N-dealkylation sites (N-methyl/N-ethyl adjacent to an activating group) is 1. The van der Waals surface area contributed by atoms with Gasteiger partial charge in [-0.15, -0.1) is 0 Å². The maximum absolute atomic E-state index is 12.6. The van der Waals surface area contributed by atoms with Crippen molar-refractivity contribution in [1.29, 1.82) is 0 Å². The summed E-state index contributed by atoms with van der Waals surface area (Å²) in [5, 5.41) is 7.12. The van der Waals surface area contributed by atoms with Crippen molar-refractivity contribution < 1.29 is 8.42 Å². The fourth-order valence-electron chi connectivity index (χ4n) is 1.85. The maximum atomic E-state index is 12.6. The van der Waals surface area contributed by atoms with E-state index in [1.807, 2.05) is 14.0 Å². The Morgan fingerprint density at radius 2 is 2.15 bits per heavy atom. The number of hydrogen-bond acceptors (Lipinski definition) is 4. The second-order valence-electron chi connectivity index (χ2n) is 5.01. The molecule has 7 heteroatoms. The summed E-state index contributed by atoms with van der Waals surface area (Å²) in [4.78, 5) is 0.277. The summed E-state index contributed by atoms with van der Waals surface area (Å²) in [7, 11) is -1.58. The molecule has 0 aliphatic heterocycles. The number of nitrogens with one attached hydrogen (secondary N) is 1. The highest BCUT2D eigenvalue weighted by Gasteiger charge is 2.25. The van der Waals surface area contributed by atoms with Gasteiger partial charge in [-0.25, -0.2) is 8.42 Å². The SMILES string of the molecule is CCC(C)CN(CC)S(=O)(=O)c1cnn(CCNC)c1. The van der Waals surface area contributed by atoms with Crippen LogP contribution in [0.25, 0.3) is 0 Å². The van der Waals surface area contributed by atoms with Gasteiger partial charge in [0.15, 0.2) is 0 Å². The second-order valence-corrected chi connectivity index (χ2v) is 6.95. The van der Waals surface area contributed by atoms with E-state index in [4.69, 9.17) is 0 Å². The van der Waals surface area contributed by atoms with Crippen LogP contribution >= 0.6 is 0 Å². The molecule has 1 N–H and O–H groups in total. The van der Waals surface area contributed by atoms with E-state index >= 15 is 0 Å². The van der Waals surface area contributed by atoms with E-state index in [0.717, 1.165) is 13.0 Å². The summed E-state index contributed by atoms with van der Waals surface area (Å²) in [6.07, 6.45) is 4.00. The summed E-state index contributed by atoms with van der Waals surface area (Å²) in [5.74, 6) is 0.351. The largest absolute Gasteiger partial charge is 0.318 e. The molecule has 0 spiro atoms. The van der Waals surface area contributed by atoms with E-state index in [1.54, 1.807) is 10.9 Å². The molecule has 1 unspecified atom stereocenters. The zero-order chi connectivity index (χ0) is 15.2. The Balaban J connectivity index is 2.87. The Bertz CT molecular complexity index is 498. The van der Waals surface area contributed by atoms with Gasteiger partial charge in [0.2, 0.25) is 10.0 Å². The van der Waals surface area contributed by atoms with Gasteiger partial charge in [0.25, 0.3) is 0 Å². The molecule has 1 heterocycles. The molecule has 20 heavy (non-hydrogen) atoms. The van der Waals surface area contributed by atoms with Crippen LogP contribution in [0.3, 0.4) is 0 Å². The molecule has 0 amide bonds. The zero-order valence-electron chi connectivity index (χ0n) is 12.8. The molecule has 0 saturated carbocycles. The number of sulfonamides is 1. The molecule has 1 aromatic rings. The van der Waals surface area contributed by atoms with Crippen LogP contribution in [0.2, 0.25) is 0 Å². The zero-order valence-corrected chi connectivity index (χ0v) is 13.7. The van der Waals surface area contributed by atoms with Crippen LogP contribution in [0.15, 0.2) is 17.3 Å². The highest BCUT2D eigenvalue weighted by Crippen LogP contribution is 2.17. The Labute approximate surface area is 122 Å². The maximum Gasteiger partial charge on any atom is 0.246 e. The smallest absolute Gasteiger partial charge is 0.246 e. The van der Waals surface area contributed by atoms with Crippen molar-refractivity contribution in [2.75, 3.05) is 26.7 Å². The minimum Gasteiger partial charge on any atom is -0.318 e. The van der Waals surface area contributed by atoms with E-state index in [-0.39, 0.29) is 4.90 Å². The van der Waals surface area contributed by atoms with Crippen molar-refractivity contribution in [2.24, 2.45) is 5.92 Å². The first-order valence-electron chi connectivity index (χ1n) is 7.12. The summed E-state index contributed by atoms with van der Waals surface area (Å²) >= 11 is 0. The van der Waals surface area contributed by atoms with Crippen LogP contribution in [0.5, 0.6) is 0 Å². The number of aromatic nitrogens is 2. The van der Waals surface area contributed by atoms with E-state index in [2.05, 4.69) is 24.3 Å². The molecule has 0 radical (unpaired) electrons. The first-order chi connectivity index (χ1) is 9.45. The highest BCUT2D eigenvalue weighted by molar-refractivity contribution is 7.89. The summed E-state index contributed by atoms with van der Waals surface area (Å²) < 4.78 is 28.3. The third-order valence-corrected chi connectivity index (χ3v) is 5.30. The molecule has 1 atom stereocenters. The molecule has 0 aliphatic rings. The monoisotopic (exact) mass is 302 g/mol. The van der Waals surface area contributed by atoms with Crippen molar-refractivity contribution in [2.45, 2.75) is 38.6 Å². The topological polar surface area (TPSA) is 67.2 Å². The Hall–Kier alpha value is -0.920. The Morgan fingerprint density at radius 1 is 1.45 bits per heavy atom. The van der Waals surface area contributed by atoms with Gasteiger partial charge < -0.3 is 5.32 Å². The first kappa shape index (κ1) is 17.1. The standard InChI is InChI=1S/C13H26N4O2S/c1-5-12(3)10-17(6-2)20(18,19)13-9-15-16(11-13)8-7-14-4/h9,11-12,14H,5-8,10H2,1-4H3. The van der Waals surface area contributed by atoms with E-state index in [0.29, 0.717) is 25.6 Å². The van der Waals surface area contributed by atoms with Crippen molar-refractivity contribution in [3.05, 3.63) is 12.4 Å². The number of hydrogen-bond donors (Lipinski definition) is 1.